The zero-order chi connectivity index (χ0) is 21.2. The lowest BCUT2D eigenvalue weighted by molar-refractivity contribution is 0.0601. The Balaban J connectivity index is 1.39. The fourth-order valence-corrected chi connectivity index (χ4v) is 7.54. The van der Waals surface area contributed by atoms with Crippen molar-refractivity contribution in [1.29, 1.82) is 5.26 Å². The molecule has 0 aromatic heterocycles. The van der Waals surface area contributed by atoms with Gasteiger partial charge in [0.15, 0.2) is 0 Å². The molecule has 0 unspecified atom stereocenters. The quantitative estimate of drug-likeness (QED) is 0.327. The summed E-state index contributed by atoms with van der Waals surface area (Å²) in [5.41, 5.74) is 0.0444. The van der Waals surface area contributed by atoms with Gasteiger partial charge in [0.05, 0.1) is 11.5 Å². The van der Waals surface area contributed by atoms with Gasteiger partial charge in [-0.15, -0.1) is 0 Å². The van der Waals surface area contributed by atoms with E-state index < -0.39 is 0 Å². The van der Waals surface area contributed by atoms with Crippen molar-refractivity contribution in [3.05, 3.63) is 0 Å². The highest BCUT2D eigenvalue weighted by Crippen LogP contribution is 2.52. The molecule has 30 heavy (non-hydrogen) atoms. The molecule has 0 aromatic rings. The summed E-state index contributed by atoms with van der Waals surface area (Å²) in [6.45, 7) is 4.63. The molecule has 0 aliphatic heterocycles. The van der Waals surface area contributed by atoms with Gasteiger partial charge < -0.3 is 0 Å². The van der Waals surface area contributed by atoms with Gasteiger partial charge in [-0.1, -0.05) is 90.9 Å². The van der Waals surface area contributed by atoms with Crippen molar-refractivity contribution >= 4 is 0 Å². The van der Waals surface area contributed by atoms with Crippen molar-refractivity contribution in [2.45, 2.75) is 142 Å². The molecule has 0 atom stereocenters. The van der Waals surface area contributed by atoms with Crippen molar-refractivity contribution in [3.8, 4) is 6.07 Å². The van der Waals surface area contributed by atoms with Gasteiger partial charge in [0.2, 0.25) is 0 Å². The number of rotatable bonds is 10. The standard InChI is InChI=1S/C29H51N/c1-3-5-7-8-10-25-11-15-26(16-12-25)27-19-21-29(23-30,22-20-27)28-17-13-24(14-18-28)9-6-4-2/h24-28H,3-22H2,1-2H3. The van der Waals surface area contributed by atoms with E-state index in [0.717, 1.165) is 23.7 Å². The van der Waals surface area contributed by atoms with Crippen LogP contribution in [0.2, 0.25) is 0 Å². The van der Waals surface area contributed by atoms with Crippen LogP contribution in [0, 0.1) is 46.3 Å². The van der Waals surface area contributed by atoms with E-state index >= 15 is 0 Å². The maximum atomic E-state index is 10.2. The van der Waals surface area contributed by atoms with Crippen molar-refractivity contribution in [2.75, 3.05) is 0 Å². The summed E-state index contributed by atoms with van der Waals surface area (Å²) in [5, 5.41) is 10.2. The molecule has 0 amide bonds. The number of hydrogen-bond donors (Lipinski definition) is 0. The van der Waals surface area contributed by atoms with Crippen LogP contribution in [0.5, 0.6) is 0 Å². The number of unbranched alkanes of at least 4 members (excludes halogenated alkanes) is 4. The van der Waals surface area contributed by atoms with Crippen LogP contribution in [0.3, 0.4) is 0 Å². The Hall–Kier alpha value is -0.510. The molecule has 1 heteroatoms. The SMILES string of the molecule is CCCCCCC1CCC(C2CCC(C#N)(C3CCC(CCCC)CC3)CC2)CC1. The average molecular weight is 414 g/mol. The van der Waals surface area contributed by atoms with E-state index in [2.05, 4.69) is 19.9 Å². The second-order valence-electron chi connectivity index (χ2n) is 11.6. The Bertz CT molecular complexity index is 493. The summed E-state index contributed by atoms with van der Waals surface area (Å²) in [7, 11) is 0. The monoisotopic (exact) mass is 413 g/mol. The molecule has 0 N–H and O–H groups in total. The van der Waals surface area contributed by atoms with Crippen LogP contribution in [-0.4, -0.2) is 0 Å². The van der Waals surface area contributed by atoms with Gasteiger partial charge in [-0.25, -0.2) is 0 Å². The summed E-state index contributed by atoms with van der Waals surface area (Å²) in [4.78, 5) is 0. The van der Waals surface area contributed by atoms with Crippen LogP contribution in [0.25, 0.3) is 0 Å². The minimum absolute atomic E-state index is 0.0444. The fraction of sp³-hybridized carbons (Fsp3) is 0.966. The van der Waals surface area contributed by atoms with E-state index in [1.165, 1.54) is 128 Å². The second kappa shape index (κ2) is 12.5. The Kier molecular flexibility index (Phi) is 10.1. The smallest absolute Gasteiger partial charge is 0.0692 e. The zero-order valence-corrected chi connectivity index (χ0v) is 20.5. The van der Waals surface area contributed by atoms with Gasteiger partial charge in [0.25, 0.3) is 0 Å². The lowest BCUT2D eigenvalue weighted by Gasteiger charge is -2.46. The van der Waals surface area contributed by atoms with E-state index in [9.17, 15) is 5.26 Å². The lowest BCUT2D eigenvalue weighted by atomic mass is 9.57. The fourth-order valence-electron chi connectivity index (χ4n) is 7.54. The van der Waals surface area contributed by atoms with Gasteiger partial charge in [-0.05, 0) is 81.0 Å². The van der Waals surface area contributed by atoms with E-state index in [1.54, 1.807) is 0 Å². The maximum absolute atomic E-state index is 10.2. The first-order valence-corrected chi connectivity index (χ1v) is 14.1. The van der Waals surface area contributed by atoms with E-state index in [0.29, 0.717) is 5.92 Å². The van der Waals surface area contributed by atoms with Crippen LogP contribution < -0.4 is 0 Å². The second-order valence-corrected chi connectivity index (χ2v) is 11.6. The number of hydrogen-bond acceptors (Lipinski definition) is 1. The topological polar surface area (TPSA) is 23.8 Å². The molecule has 3 rings (SSSR count). The van der Waals surface area contributed by atoms with Crippen molar-refractivity contribution in [2.24, 2.45) is 35.0 Å². The van der Waals surface area contributed by atoms with Gasteiger partial charge in [-0.3, -0.25) is 0 Å². The largest absolute Gasteiger partial charge is 0.198 e. The van der Waals surface area contributed by atoms with Crippen LogP contribution in [0.1, 0.15) is 142 Å². The van der Waals surface area contributed by atoms with Crippen LogP contribution in [0.15, 0.2) is 0 Å². The highest BCUT2D eigenvalue weighted by Gasteiger charge is 2.44. The predicted octanol–water partition coefficient (Wildman–Crippen LogP) is 9.46. The minimum Gasteiger partial charge on any atom is -0.198 e. The van der Waals surface area contributed by atoms with Crippen LogP contribution in [0.4, 0.5) is 0 Å². The van der Waals surface area contributed by atoms with Gasteiger partial charge in [0, 0.05) is 0 Å². The third kappa shape index (κ3) is 6.50. The summed E-state index contributed by atoms with van der Waals surface area (Å²) < 4.78 is 0. The molecular weight excluding hydrogens is 362 g/mol. The van der Waals surface area contributed by atoms with Crippen molar-refractivity contribution < 1.29 is 0 Å². The highest BCUT2D eigenvalue weighted by atomic mass is 14.5. The van der Waals surface area contributed by atoms with E-state index in [1.807, 2.05) is 0 Å². The van der Waals surface area contributed by atoms with Crippen molar-refractivity contribution in [3.63, 3.8) is 0 Å². The molecule has 0 radical (unpaired) electrons. The Labute approximate surface area is 188 Å². The van der Waals surface area contributed by atoms with Gasteiger partial charge in [0.1, 0.15) is 0 Å². The number of nitriles is 1. The Morgan fingerprint density at radius 1 is 0.633 bits per heavy atom. The molecule has 0 spiro atoms. The van der Waals surface area contributed by atoms with E-state index in [4.69, 9.17) is 0 Å². The first-order valence-electron chi connectivity index (χ1n) is 14.1. The minimum atomic E-state index is 0.0444. The molecule has 0 saturated heterocycles. The summed E-state index contributed by atoms with van der Waals surface area (Å²) >= 11 is 0. The zero-order valence-electron chi connectivity index (χ0n) is 20.5. The van der Waals surface area contributed by atoms with Gasteiger partial charge in [-0.2, -0.15) is 5.26 Å². The molecular formula is C29H51N. The van der Waals surface area contributed by atoms with Crippen molar-refractivity contribution in [1.82, 2.24) is 0 Å². The number of nitrogens with zero attached hydrogens (tertiary/aromatic N) is 1. The molecule has 3 saturated carbocycles. The maximum Gasteiger partial charge on any atom is 0.0692 e. The third-order valence-corrected chi connectivity index (χ3v) is 9.76. The average Bonchev–Trinajstić information content (AvgIpc) is 2.81. The van der Waals surface area contributed by atoms with Gasteiger partial charge >= 0.3 is 0 Å². The molecule has 3 fully saturated rings. The van der Waals surface area contributed by atoms with Crippen LogP contribution in [-0.2, 0) is 0 Å². The molecule has 0 bridgehead atoms. The summed E-state index contributed by atoms with van der Waals surface area (Å²) in [6, 6.07) is 2.91. The molecule has 172 valence electrons. The van der Waals surface area contributed by atoms with E-state index in [-0.39, 0.29) is 5.41 Å². The molecule has 3 aliphatic carbocycles. The Morgan fingerprint density at radius 3 is 1.73 bits per heavy atom. The third-order valence-electron chi connectivity index (χ3n) is 9.76. The molecule has 0 heterocycles. The molecule has 1 nitrogen and oxygen atoms in total. The first-order chi connectivity index (χ1) is 14.7. The predicted molar refractivity (Wildman–Crippen MR) is 129 cm³/mol. The van der Waals surface area contributed by atoms with Crippen LogP contribution >= 0.6 is 0 Å². The highest BCUT2D eigenvalue weighted by molar-refractivity contribution is 5.06. The Morgan fingerprint density at radius 2 is 1.17 bits per heavy atom. The molecule has 0 aromatic carbocycles. The summed E-state index contributed by atoms with van der Waals surface area (Å²) in [6.07, 6.45) is 28.0. The lowest BCUT2D eigenvalue weighted by Crippen LogP contribution is -2.38. The molecule has 3 aliphatic rings. The normalized spacial score (nSPS) is 37.6. The first kappa shape index (κ1) is 24.1. The summed E-state index contributed by atoms with van der Waals surface area (Å²) in [5.74, 6) is 4.63.